The van der Waals surface area contributed by atoms with Crippen molar-refractivity contribution in [3.05, 3.63) is 74.5 Å². The van der Waals surface area contributed by atoms with Crippen molar-refractivity contribution in [2.24, 2.45) is 0 Å². The normalized spacial score (nSPS) is 17.9. The van der Waals surface area contributed by atoms with Gasteiger partial charge in [-0.1, -0.05) is 17.7 Å². The van der Waals surface area contributed by atoms with Gasteiger partial charge in [0.2, 0.25) is 0 Å². The third kappa shape index (κ3) is 5.57. The second-order valence-corrected chi connectivity index (χ2v) is 12.8. The van der Waals surface area contributed by atoms with Crippen molar-refractivity contribution in [2.45, 2.75) is 62.7 Å². The number of benzene rings is 2. The van der Waals surface area contributed by atoms with E-state index in [0.29, 0.717) is 55.2 Å². The molecule has 0 saturated heterocycles. The number of rotatable bonds is 8. The molecule has 9 nitrogen and oxygen atoms in total. The number of carboxylic acids is 1. The van der Waals surface area contributed by atoms with Crippen LogP contribution in [-0.4, -0.2) is 49.6 Å². The highest BCUT2D eigenvalue weighted by atomic mass is 79.9. The molecule has 0 spiro atoms. The zero-order chi connectivity index (χ0) is 29.5. The zero-order valence-electron chi connectivity index (χ0n) is 22.7. The van der Waals surface area contributed by atoms with Crippen LogP contribution in [-0.2, 0) is 24.5 Å². The molecule has 2 aromatic rings. The number of hydrogen-bond acceptors (Lipinski definition) is 8. The van der Waals surface area contributed by atoms with Crippen LogP contribution in [0.15, 0.2) is 68.3 Å². The minimum atomic E-state index is -4.19. The smallest absolute Gasteiger partial charge is 0.339 e. The summed E-state index contributed by atoms with van der Waals surface area (Å²) in [5.74, 6) is -1.74. The Morgan fingerprint density at radius 2 is 1.59 bits per heavy atom. The number of nitrogens with zero attached hydrogens (tertiary/aromatic N) is 1. The lowest BCUT2D eigenvalue weighted by atomic mass is 9.71. The average molecular weight is 645 g/mol. The van der Waals surface area contributed by atoms with Crippen LogP contribution in [0.1, 0.15) is 62.0 Å². The van der Waals surface area contributed by atoms with Crippen molar-refractivity contribution in [1.82, 2.24) is 4.90 Å². The van der Waals surface area contributed by atoms with Crippen LogP contribution in [0.4, 0.5) is 0 Å². The van der Waals surface area contributed by atoms with Crippen LogP contribution in [0.3, 0.4) is 0 Å². The minimum absolute atomic E-state index is 0.0138. The topological polar surface area (TPSA) is 127 Å². The fourth-order valence-corrected chi connectivity index (χ4v) is 7.48. The SMILES string of the molecule is COc1cc(C2C3=C(CCCC3=O)N(CCC(=O)O)C3=C2C(=O)CCC3)cc(Br)c1OS(=O)(=O)c1ccc(C)cc1. The van der Waals surface area contributed by atoms with E-state index in [-0.39, 0.29) is 45.4 Å². The van der Waals surface area contributed by atoms with Crippen LogP contribution in [0.2, 0.25) is 0 Å². The second kappa shape index (κ2) is 11.4. The van der Waals surface area contributed by atoms with E-state index in [9.17, 15) is 27.9 Å². The lowest BCUT2D eigenvalue weighted by Gasteiger charge is -2.44. The van der Waals surface area contributed by atoms with Crippen molar-refractivity contribution in [3.63, 3.8) is 0 Å². The fraction of sp³-hybridized carbons (Fsp3) is 0.367. The van der Waals surface area contributed by atoms with Gasteiger partial charge in [0.25, 0.3) is 0 Å². The highest BCUT2D eigenvalue weighted by molar-refractivity contribution is 9.10. The highest BCUT2D eigenvalue weighted by Gasteiger charge is 2.43. The highest BCUT2D eigenvalue weighted by Crippen LogP contribution is 2.51. The van der Waals surface area contributed by atoms with Crippen LogP contribution >= 0.6 is 15.9 Å². The van der Waals surface area contributed by atoms with Crippen LogP contribution in [0, 0.1) is 6.92 Å². The van der Waals surface area contributed by atoms with E-state index in [0.717, 1.165) is 17.0 Å². The number of hydrogen-bond donors (Lipinski definition) is 1. The van der Waals surface area contributed by atoms with Gasteiger partial charge >= 0.3 is 16.1 Å². The summed E-state index contributed by atoms with van der Waals surface area (Å²) >= 11 is 3.45. The Balaban J connectivity index is 1.63. The number of carboxylic acid groups (broad SMARTS) is 1. The predicted octanol–water partition coefficient (Wildman–Crippen LogP) is 5.42. The van der Waals surface area contributed by atoms with Crippen molar-refractivity contribution in [2.75, 3.05) is 13.7 Å². The van der Waals surface area contributed by atoms with Gasteiger partial charge in [-0.3, -0.25) is 14.4 Å². The van der Waals surface area contributed by atoms with E-state index in [2.05, 4.69) is 15.9 Å². The molecular formula is C30H30BrNO8S. The van der Waals surface area contributed by atoms with Gasteiger partial charge in [-0.15, -0.1) is 0 Å². The van der Waals surface area contributed by atoms with Crippen molar-refractivity contribution in [1.29, 1.82) is 0 Å². The molecule has 2 aromatic carbocycles. The molecule has 2 aliphatic carbocycles. The standard InChI is InChI=1S/C30H30BrNO8S/c1-17-9-11-19(12-10-17)41(37,38)40-30-20(31)15-18(16-25(30)39-2)27-28-21(5-3-7-23(28)33)32(14-13-26(35)36)22-6-4-8-24(34)29(22)27/h9-12,15-16,27H,3-8,13-14H2,1-2H3,(H,35,36). The van der Waals surface area contributed by atoms with Gasteiger partial charge in [0.1, 0.15) is 4.90 Å². The van der Waals surface area contributed by atoms with E-state index in [4.69, 9.17) is 8.92 Å². The maximum atomic E-state index is 13.5. The summed E-state index contributed by atoms with van der Waals surface area (Å²) in [6.07, 6.45) is 3.00. The van der Waals surface area contributed by atoms with Crippen molar-refractivity contribution in [3.8, 4) is 11.5 Å². The molecule has 1 aliphatic heterocycles. The maximum Gasteiger partial charge on any atom is 0.339 e. The average Bonchev–Trinajstić information content (AvgIpc) is 2.92. The number of aryl methyl sites for hydroxylation is 1. The number of carbonyl (C=O) groups is 3. The summed E-state index contributed by atoms with van der Waals surface area (Å²) in [7, 11) is -2.80. The Morgan fingerprint density at radius 1 is 1.00 bits per heavy atom. The molecule has 0 atom stereocenters. The molecular weight excluding hydrogens is 614 g/mol. The molecule has 216 valence electrons. The van der Waals surface area contributed by atoms with E-state index in [1.807, 2.05) is 11.8 Å². The molecule has 11 heteroatoms. The first-order chi connectivity index (χ1) is 19.5. The summed E-state index contributed by atoms with van der Waals surface area (Å²) in [6.45, 7) is 2.03. The first-order valence-corrected chi connectivity index (χ1v) is 15.6. The van der Waals surface area contributed by atoms with Gasteiger partial charge in [-0.2, -0.15) is 8.42 Å². The Morgan fingerprint density at radius 3 is 2.12 bits per heavy atom. The molecule has 1 N–H and O–H groups in total. The fourth-order valence-electron chi connectivity index (χ4n) is 5.88. The number of methoxy groups -OCH3 is 1. The van der Waals surface area contributed by atoms with Gasteiger partial charge in [0.05, 0.1) is 18.0 Å². The van der Waals surface area contributed by atoms with Gasteiger partial charge in [0, 0.05) is 47.8 Å². The van der Waals surface area contributed by atoms with Crippen LogP contribution < -0.4 is 8.92 Å². The number of halogens is 1. The molecule has 0 aromatic heterocycles. The van der Waals surface area contributed by atoms with Crippen LogP contribution in [0.25, 0.3) is 0 Å². The Hall–Kier alpha value is -3.44. The predicted molar refractivity (Wildman–Crippen MR) is 153 cm³/mol. The van der Waals surface area contributed by atoms with Gasteiger partial charge < -0.3 is 18.9 Å². The monoisotopic (exact) mass is 643 g/mol. The van der Waals surface area contributed by atoms with Crippen molar-refractivity contribution < 1.29 is 36.8 Å². The largest absolute Gasteiger partial charge is 0.493 e. The minimum Gasteiger partial charge on any atom is -0.493 e. The van der Waals surface area contributed by atoms with Gasteiger partial charge in [-0.25, -0.2) is 0 Å². The molecule has 0 unspecified atom stereocenters. The number of carbonyl (C=O) groups excluding carboxylic acids is 2. The Kier molecular flexibility index (Phi) is 8.11. The quantitative estimate of drug-likeness (QED) is 0.375. The van der Waals surface area contributed by atoms with Crippen LogP contribution in [0.5, 0.6) is 11.5 Å². The number of ether oxygens (including phenoxy) is 1. The molecule has 0 radical (unpaired) electrons. The molecule has 0 amide bonds. The van der Waals surface area contributed by atoms with E-state index < -0.39 is 22.0 Å². The Bertz CT molecular complexity index is 1560. The third-order valence-electron chi connectivity index (χ3n) is 7.72. The molecule has 1 heterocycles. The first-order valence-electron chi connectivity index (χ1n) is 13.4. The lowest BCUT2D eigenvalue weighted by Crippen LogP contribution is -2.39. The summed E-state index contributed by atoms with van der Waals surface area (Å²) in [5.41, 5.74) is 3.99. The summed E-state index contributed by atoms with van der Waals surface area (Å²) < 4.78 is 37.5. The van der Waals surface area contributed by atoms with E-state index in [1.165, 1.54) is 19.2 Å². The summed E-state index contributed by atoms with van der Waals surface area (Å²) in [6, 6.07) is 9.55. The lowest BCUT2D eigenvalue weighted by molar-refractivity contribution is -0.137. The Labute approximate surface area is 247 Å². The third-order valence-corrected chi connectivity index (χ3v) is 9.55. The number of allylic oxidation sites excluding steroid dienone is 4. The molecule has 41 heavy (non-hydrogen) atoms. The first kappa shape index (κ1) is 29.1. The van der Waals surface area contributed by atoms with E-state index >= 15 is 0 Å². The maximum absolute atomic E-state index is 13.5. The molecule has 0 bridgehead atoms. The van der Waals surface area contributed by atoms with E-state index in [1.54, 1.807) is 24.3 Å². The number of ketones is 2. The van der Waals surface area contributed by atoms with Gasteiger partial charge in [-0.05, 0) is 78.4 Å². The molecule has 3 aliphatic rings. The summed E-state index contributed by atoms with van der Waals surface area (Å²) in [5, 5.41) is 9.38. The zero-order valence-corrected chi connectivity index (χ0v) is 25.1. The number of Topliss-reactive ketones (excluding diaryl/α,β-unsaturated/α-hetero) is 2. The molecule has 5 rings (SSSR count). The van der Waals surface area contributed by atoms with Crippen molar-refractivity contribution >= 4 is 43.6 Å². The molecule has 0 fully saturated rings. The van der Waals surface area contributed by atoms with Gasteiger partial charge in [0.15, 0.2) is 23.1 Å². The number of aliphatic carboxylic acids is 1. The second-order valence-electron chi connectivity index (χ2n) is 10.4. The molecule has 0 saturated carbocycles. The summed E-state index contributed by atoms with van der Waals surface area (Å²) in [4.78, 5) is 40.3.